The van der Waals surface area contributed by atoms with E-state index in [1.165, 1.54) is 25.3 Å². The third-order valence-corrected chi connectivity index (χ3v) is 6.28. The maximum atomic E-state index is 12.9. The lowest BCUT2D eigenvalue weighted by molar-refractivity contribution is -0.385. The minimum atomic E-state index is -0.558. The molecule has 178 valence electrons. The van der Waals surface area contributed by atoms with Crippen LogP contribution < -0.4 is 9.47 Å². The van der Waals surface area contributed by atoms with Gasteiger partial charge in [0.05, 0.1) is 35.1 Å². The molecule has 1 fully saturated rings. The lowest BCUT2D eigenvalue weighted by Crippen LogP contribution is -2.27. The molecule has 3 aromatic carbocycles. The second-order valence-corrected chi connectivity index (χ2v) is 8.84. The monoisotopic (exact) mass is 490 g/mol. The molecule has 9 heteroatoms. The number of methoxy groups -OCH3 is 1. The van der Waals surface area contributed by atoms with Gasteiger partial charge in [-0.05, 0) is 42.0 Å². The van der Waals surface area contributed by atoms with Crippen LogP contribution in [-0.2, 0) is 17.9 Å². The smallest absolute Gasteiger partial charge is 0.293 e. The fraction of sp³-hybridized carbons (Fsp3) is 0.154. The Kier molecular flexibility index (Phi) is 7.17. The number of amides is 2. The van der Waals surface area contributed by atoms with Gasteiger partial charge in [0, 0.05) is 0 Å². The maximum absolute atomic E-state index is 12.9. The number of thioether (sulfide) groups is 1. The molecule has 35 heavy (non-hydrogen) atoms. The van der Waals surface area contributed by atoms with Gasteiger partial charge < -0.3 is 9.47 Å². The van der Waals surface area contributed by atoms with Gasteiger partial charge in [-0.1, -0.05) is 60.2 Å². The van der Waals surface area contributed by atoms with Crippen LogP contribution in [0.2, 0.25) is 0 Å². The van der Waals surface area contributed by atoms with Crippen molar-refractivity contribution in [2.24, 2.45) is 0 Å². The summed E-state index contributed by atoms with van der Waals surface area (Å²) in [4.78, 5) is 37.9. The minimum Gasteiger partial charge on any atom is -0.493 e. The Labute approximate surface area is 206 Å². The van der Waals surface area contributed by atoms with Gasteiger partial charge in [0.1, 0.15) is 6.61 Å². The molecule has 0 bridgehead atoms. The van der Waals surface area contributed by atoms with Crippen molar-refractivity contribution in [3.63, 3.8) is 0 Å². The predicted octanol–water partition coefficient (Wildman–Crippen LogP) is 5.73. The van der Waals surface area contributed by atoms with Crippen LogP contribution in [0.25, 0.3) is 6.08 Å². The molecule has 0 atom stereocenters. The highest BCUT2D eigenvalue weighted by atomic mass is 32.2. The van der Waals surface area contributed by atoms with Crippen molar-refractivity contribution in [2.75, 3.05) is 7.11 Å². The molecule has 1 saturated heterocycles. The summed E-state index contributed by atoms with van der Waals surface area (Å²) in [7, 11) is 1.43. The lowest BCUT2D eigenvalue weighted by Gasteiger charge is -2.13. The van der Waals surface area contributed by atoms with Gasteiger partial charge in [-0.15, -0.1) is 0 Å². The summed E-state index contributed by atoms with van der Waals surface area (Å²) in [6.45, 7) is 2.28. The van der Waals surface area contributed by atoms with E-state index in [4.69, 9.17) is 9.47 Å². The van der Waals surface area contributed by atoms with Crippen molar-refractivity contribution >= 4 is 34.7 Å². The first-order valence-corrected chi connectivity index (χ1v) is 11.5. The standard InChI is InChI=1S/C26H22N2O6S/c1-17-8-10-18(11-9-17)15-27-25(29)24(35-26(27)30)13-20-12-22(33-2)23(14-21(20)28(31)32)34-16-19-6-4-3-5-7-19/h3-14H,15-16H2,1-2H3/b24-13-. The number of carbonyl (C=O) groups is 2. The largest absolute Gasteiger partial charge is 0.493 e. The molecule has 0 radical (unpaired) electrons. The second kappa shape index (κ2) is 10.4. The number of imide groups is 1. The van der Waals surface area contributed by atoms with Gasteiger partial charge in [-0.2, -0.15) is 0 Å². The summed E-state index contributed by atoms with van der Waals surface area (Å²) in [5.74, 6) is -0.0254. The maximum Gasteiger partial charge on any atom is 0.293 e. The summed E-state index contributed by atoms with van der Waals surface area (Å²) in [6, 6.07) is 19.6. The zero-order valence-electron chi connectivity index (χ0n) is 19.1. The van der Waals surface area contributed by atoms with Gasteiger partial charge in [-0.25, -0.2) is 0 Å². The van der Waals surface area contributed by atoms with E-state index in [-0.39, 0.29) is 40.8 Å². The third-order valence-electron chi connectivity index (χ3n) is 5.37. The molecule has 0 aliphatic carbocycles. The van der Waals surface area contributed by atoms with Crippen molar-refractivity contribution < 1.29 is 24.0 Å². The van der Waals surface area contributed by atoms with E-state index in [1.807, 2.05) is 61.5 Å². The zero-order valence-corrected chi connectivity index (χ0v) is 19.9. The van der Waals surface area contributed by atoms with Gasteiger partial charge >= 0.3 is 0 Å². The number of ether oxygens (including phenoxy) is 2. The van der Waals surface area contributed by atoms with Crippen LogP contribution in [0.5, 0.6) is 11.5 Å². The SMILES string of the molecule is COc1cc(/C=C2\SC(=O)N(Cc3ccc(C)cc3)C2=O)c([N+](=O)[O-])cc1OCc1ccccc1. The van der Waals surface area contributed by atoms with Crippen molar-refractivity contribution in [1.82, 2.24) is 4.90 Å². The first kappa shape index (κ1) is 24.0. The van der Waals surface area contributed by atoms with Gasteiger partial charge in [0.15, 0.2) is 11.5 Å². The summed E-state index contributed by atoms with van der Waals surface area (Å²) >= 11 is 0.749. The summed E-state index contributed by atoms with van der Waals surface area (Å²) in [6.07, 6.45) is 1.35. The van der Waals surface area contributed by atoms with Crippen molar-refractivity contribution in [3.8, 4) is 11.5 Å². The predicted molar refractivity (Wildman–Crippen MR) is 133 cm³/mol. The normalized spacial score (nSPS) is 14.5. The van der Waals surface area contributed by atoms with E-state index in [9.17, 15) is 19.7 Å². The summed E-state index contributed by atoms with van der Waals surface area (Å²) in [5, 5.41) is 11.4. The van der Waals surface area contributed by atoms with E-state index in [0.717, 1.165) is 33.4 Å². The highest BCUT2D eigenvalue weighted by molar-refractivity contribution is 8.18. The average Bonchev–Trinajstić information content (AvgIpc) is 3.11. The van der Waals surface area contributed by atoms with Crippen molar-refractivity contribution in [3.05, 3.63) is 104 Å². The number of carbonyl (C=O) groups excluding carboxylic acids is 2. The quantitative estimate of drug-likeness (QED) is 0.226. The molecule has 0 N–H and O–H groups in total. The number of hydrogen-bond donors (Lipinski definition) is 0. The van der Waals surface area contributed by atoms with Crippen molar-refractivity contribution in [1.29, 1.82) is 0 Å². The Hall–Kier alpha value is -4.11. The molecular weight excluding hydrogens is 468 g/mol. The second-order valence-electron chi connectivity index (χ2n) is 7.85. The number of benzene rings is 3. The first-order valence-electron chi connectivity index (χ1n) is 10.7. The molecule has 0 aromatic heterocycles. The van der Waals surface area contributed by atoms with Crippen molar-refractivity contribution in [2.45, 2.75) is 20.1 Å². The molecule has 2 amide bonds. The first-order chi connectivity index (χ1) is 16.9. The molecule has 3 aromatic rings. The molecule has 1 heterocycles. The van der Waals surface area contributed by atoms with E-state index in [1.54, 1.807) is 0 Å². The Bertz CT molecular complexity index is 1310. The Balaban J connectivity index is 1.61. The fourth-order valence-electron chi connectivity index (χ4n) is 3.50. The van der Waals surface area contributed by atoms with Crippen LogP contribution in [-0.4, -0.2) is 28.1 Å². The van der Waals surface area contributed by atoms with E-state index < -0.39 is 16.1 Å². The minimum absolute atomic E-state index is 0.102. The summed E-state index contributed by atoms with van der Waals surface area (Å²) in [5.41, 5.74) is 2.65. The van der Waals surface area contributed by atoms with Crippen LogP contribution in [0.3, 0.4) is 0 Å². The Morgan fingerprint density at radius 1 is 1.00 bits per heavy atom. The molecular formula is C26H22N2O6S. The average molecular weight is 491 g/mol. The number of aryl methyl sites for hydroxylation is 1. The number of nitrogens with zero attached hydrogens (tertiary/aromatic N) is 2. The summed E-state index contributed by atoms with van der Waals surface area (Å²) < 4.78 is 11.2. The number of rotatable bonds is 8. The van der Waals surface area contributed by atoms with Crippen LogP contribution in [0, 0.1) is 17.0 Å². The van der Waals surface area contributed by atoms with E-state index in [2.05, 4.69) is 0 Å². The Morgan fingerprint density at radius 2 is 1.71 bits per heavy atom. The van der Waals surface area contributed by atoms with E-state index >= 15 is 0 Å². The molecule has 0 saturated carbocycles. The van der Waals surface area contributed by atoms with Crippen LogP contribution in [0.1, 0.15) is 22.3 Å². The van der Waals surface area contributed by atoms with Crippen LogP contribution in [0.4, 0.5) is 10.5 Å². The van der Waals surface area contributed by atoms with E-state index in [0.29, 0.717) is 0 Å². The van der Waals surface area contributed by atoms with Gasteiger partial charge in [0.25, 0.3) is 16.8 Å². The topological polar surface area (TPSA) is 99.0 Å². The zero-order chi connectivity index (χ0) is 24.9. The highest BCUT2D eigenvalue weighted by Gasteiger charge is 2.35. The third kappa shape index (κ3) is 5.52. The molecule has 8 nitrogen and oxygen atoms in total. The number of nitro groups is 1. The highest BCUT2D eigenvalue weighted by Crippen LogP contribution is 2.39. The van der Waals surface area contributed by atoms with Gasteiger partial charge in [0.2, 0.25) is 0 Å². The molecule has 1 aliphatic heterocycles. The van der Waals surface area contributed by atoms with Crippen LogP contribution in [0.15, 0.2) is 71.6 Å². The number of nitro benzene ring substituents is 1. The number of hydrogen-bond acceptors (Lipinski definition) is 7. The fourth-order valence-corrected chi connectivity index (χ4v) is 4.33. The molecule has 4 rings (SSSR count). The lowest BCUT2D eigenvalue weighted by atomic mass is 10.1. The molecule has 1 aliphatic rings. The molecule has 0 spiro atoms. The van der Waals surface area contributed by atoms with Gasteiger partial charge in [-0.3, -0.25) is 24.6 Å². The van der Waals surface area contributed by atoms with Crippen LogP contribution >= 0.6 is 11.8 Å². The Morgan fingerprint density at radius 3 is 2.37 bits per heavy atom. The molecule has 0 unspecified atom stereocenters.